The van der Waals surface area contributed by atoms with Crippen molar-refractivity contribution in [2.24, 2.45) is 5.84 Å². The van der Waals surface area contributed by atoms with E-state index in [2.05, 4.69) is 15.7 Å². The van der Waals surface area contributed by atoms with Gasteiger partial charge in [-0.1, -0.05) is 17.7 Å². The lowest BCUT2D eigenvalue weighted by atomic mass is 10.2. The molecule has 0 fully saturated rings. The molecule has 2 aromatic rings. The maximum atomic E-state index is 11.9. The van der Waals surface area contributed by atoms with Crippen molar-refractivity contribution in [1.82, 2.24) is 4.98 Å². The zero-order chi connectivity index (χ0) is 13.0. The van der Waals surface area contributed by atoms with Crippen molar-refractivity contribution in [3.8, 4) is 0 Å². The van der Waals surface area contributed by atoms with Gasteiger partial charge in [-0.05, 0) is 31.2 Å². The van der Waals surface area contributed by atoms with Gasteiger partial charge in [0.05, 0.1) is 11.9 Å². The molecule has 0 aliphatic heterocycles. The number of nitrogens with one attached hydrogen (secondary N) is 2. The highest BCUT2D eigenvalue weighted by atomic mass is 16.1. The highest BCUT2D eigenvalue weighted by Crippen LogP contribution is 2.11. The number of nitrogens with two attached hydrogens (primary N) is 1. The van der Waals surface area contributed by atoms with Gasteiger partial charge in [-0.15, -0.1) is 0 Å². The SMILES string of the molecule is Cc1ccc(NC(=O)c2ccc(NN)cn2)cc1. The molecule has 0 saturated heterocycles. The number of carbonyl (C=O) groups excluding carboxylic acids is 1. The molecule has 0 radical (unpaired) electrons. The molecule has 1 heterocycles. The van der Waals surface area contributed by atoms with Gasteiger partial charge in [0.25, 0.3) is 5.91 Å². The Labute approximate surface area is 105 Å². The number of carbonyl (C=O) groups is 1. The number of aryl methyl sites for hydroxylation is 1. The summed E-state index contributed by atoms with van der Waals surface area (Å²) in [5.74, 6) is 4.98. The van der Waals surface area contributed by atoms with E-state index in [0.29, 0.717) is 11.4 Å². The van der Waals surface area contributed by atoms with E-state index in [1.54, 1.807) is 12.1 Å². The fourth-order valence-electron chi connectivity index (χ4n) is 1.45. The second-order valence-corrected chi connectivity index (χ2v) is 3.90. The van der Waals surface area contributed by atoms with Crippen LogP contribution in [0.25, 0.3) is 0 Å². The van der Waals surface area contributed by atoms with Gasteiger partial charge < -0.3 is 10.7 Å². The van der Waals surface area contributed by atoms with Crippen LogP contribution in [-0.2, 0) is 0 Å². The number of hydrogen-bond acceptors (Lipinski definition) is 4. The summed E-state index contributed by atoms with van der Waals surface area (Å²) in [5.41, 5.74) is 5.34. The van der Waals surface area contributed by atoms with Crippen LogP contribution < -0.4 is 16.6 Å². The fraction of sp³-hybridized carbons (Fsp3) is 0.0769. The van der Waals surface area contributed by atoms with E-state index in [-0.39, 0.29) is 5.91 Å². The third-order valence-electron chi connectivity index (χ3n) is 2.47. The molecule has 92 valence electrons. The predicted octanol–water partition coefficient (Wildman–Crippen LogP) is 1.93. The summed E-state index contributed by atoms with van der Waals surface area (Å²) >= 11 is 0. The Hall–Kier alpha value is -2.40. The number of nitrogen functional groups attached to an aromatic ring is 1. The lowest BCUT2D eigenvalue weighted by Gasteiger charge is -2.05. The molecule has 2 rings (SSSR count). The molecule has 1 aromatic carbocycles. The Bertz CT molecular complexity index is 534. The summed E-state index contributed by atoms with van der Waals surface area (Å²) in [6.45, 7) is 1.99. The summed E-state index contributed by atoms with van der Waals surface area (Å²) in [4.78, 5) is 15.9. The first-order valence-corrected chi connectivity index (χ1v) is 5.50. The molecule has 18 heavy (non-hydrogen) atoms. The Balaban J connectivity index is 2.09. The van der Waals surface area contributed by atoms with Gasteiger partial charge in [0.15, 0.2) is 0 Å². The summed E-state index contributed by atoms with van der Waals surface area (Å²) in [6.07, 6.45) is 1.50. The minimum absolute atomic E-state index is 0.248. The summed E-state index contributed by atoms with van der Waals surface area (Å²) in [6, 6.07) is 10.9. The highest BCUT2D eigenvalue weighted by molar-refractivity contribution is 6.02. The molecule has 0 unspecified atom stereocenters. The van der Waals surface area contributed by atoms with E-state index in [4.69, 9.17) is 5.84 Å². The lowest BCUT2D eigenvalue weighted by Crippen LogP contribution is -2.14. The van der Waals surface area contributed by atoms with Crippen molar-refractivity contribution in [2.75, 3.05) is 10.7 Å². The number of aromatic nitrogens is 1. The predicted molar refractivity (Wildman–Crippen MR) is 71.2 cm³/mol. The molecule has 5 heteroatoms. The average molecular weight is 242 g/mol. The van der Waals surface area contributed by atoms with E-state index >= 15 is 0 Å². The molecule has 1 aromatic heterocycles. The number of rotatable bonds is 3. The maximum absolute atomic E-state index is 11.9. The van der Waals surface area contributed by atoms with E-state index in [1.165, 1.54) is 6.20 Å². The molecule has 0 spiro atoms. The Morgan fingerprint density at radius 1 is 1.11 bits per heavy atom. The number of hydrogen-bond donors (Lipinski definition) is 3. The molecule has 0 saturated carbocycles. The van der Waals surface area contributed by atoms with E-state index in [1.807, 2.05) is 31.2 Å². The van der Waals surface area contributed by atoms with Crippen LogP contribution in [0.5, 0.6) is 0 Å². The minimum atomic E-state index is -0.248. The van der Waals surface area contributed by atoms with Crippen LogP contribution in [0.3, 0.4) is 0 Å². The zero-order valence-electron chi connectivity index (χ0n) is 9.97. The summed E-state index contributed by atoms with van der Waals surface area (Å²) < 4.78 is 0. The maximum Gasteiger partial charge on any atom is 0.274 e. The van der Waals surface area contributed by atoms with Crippen molar-refractivity contribution in [3.63, 3.8) is 0 Å². The smallest absolute Gasteiger partial charge is 0.274 e. The van der Waals surface area contributed by atoms with Crippen molar-refractivity contribution >= 4 is 17.3 Å². The highest BCUT2D eigenvalue weighted by Gasteiger charge is 2.07. The first-order valence-electron chi connectivity index (χ1n) is 5.50. The van der Waals surface area contributed by atoms with Crippen molar-refractivity contribution < 1.29 is 4.79 Å². The van der Waals surface area contributed by atoms with Crippen LogP contribution >= 0.6 is 0 Å². The molecular weight excluding hydrogens is 228 g/mol. The van der Waals surface area contributed by atoms with Crippen LogP contribution in [0.2, 0.25) is 0 Å². The number of anilines is 2. The first-order chi connectivity index (χ1) is 8.69. The summed E-state index contributed by atoms with van der Waals surface area (Å²) in [5, 5.41) is 2.77. The van der Waals surface area contributed by atoms with E-state index in [9.17, 15) is 4.79 Å². The average Bonchev–Trinajstić information content (AvgIpc) is 2.41. The Morgan fingerprint density at radius 2 is 1.78 bits per heavy atom. The number of pyridine rings is 1. The Morgan fingerprint density at radius 3 is 2.33 bits per heavy atom. The van der Waals surface area contributed by atoms with Gasteiger partial charge >= 0.3 is 0 Å². The molecule has 5 nitrogen and oxygen atoms in total. The molecule has 4 N–H and O–H groups in total. The number of benzene rings is 1. The largest absolute Gasteiger partial charge is 0.323 e. The second-order valence-electron chi connectivity index (χ2n) is 3.90. The third kappa shape index (κ3) is 2.83. The molecule has 0 aliphatic carbocycles. The van der Waals surface area contributed by atoms with Crippen LogP contribution in [0.15, 0.2) is 42.6 Å². The molecule has 0 atom stereocenters. The fourth-order valence-corrected chi connectivity index (χ4v) is 1.45. The molecular formula is C13H14N4O. The van der Waals surface area contributed by atoms with Crippen LogP contribution in [0.1, 0.15) is 16.1 Å². The Kier molecular flexibility index (Phi) is 3.54. The van der Waals surface area contributed by atoms with E-state index in [0.717, 1.165) is 11.3 Å². The van der Waals surface area contributed by atoms with Crippen LogP contribution in [-0.4, -0.2) is 10.9 Å². The van der Waals surface area contributed by atoms with Gasteiger partial charge in [0, 0.05) is 5.69 Å². The topological polar surface area (TPSA) is 80.0 Å². The van der Waals surface area contributed by atoms with Crippen molar-refractivity contribution in [3.05, 3.63) is 53.9 Å². The second kappa shape index (κ2) is 5.29. The van der Waals surface area contributed by atoms with Gasteiger partial charge in [0.2, 0.25) is 0 Å². The number of nitrogens with zero attached hydrogens (tertiary/aromatic N) is 1. The quantitative estimate of drug-likeness (QED) is 0.567. The molecule has 1 amide bonds. The monoisotopic (exact) mass is 242 g/mol. The minimum Gasteiger partial charge on any atom is -0.323 e. The normalized spacial score (nSPS) is 9.89. The van der Waals surface area contributed by atoms with Gasteiger partial charge in [0.1, 0.15) is 5.69 Å². The van der Waals surface area contributed by atoms with Crippen LogP contribution in [0.4, 0.5) is 11.4 Å². The van der Waals surface area contributed by atoms with Gasteiger partial charge in [-0.25, -0.2) is 4.98 Å². The van der Waals surface area contributed by atoms with E-state index < -0.39 is 0 Å². The van der Waals surface area contributed by atoms with Gasteiger partial charge in [-0.2, -0.15) is 0 Å². The zero-order valence-corrected chi connectivity index (χ0v) is 9.97. The van der Waals surface area contributed by atoms with Gasteiger partial charge in [-0.3, -0.25) is 10.6 Å². The molecule has 0 aliphatic rings. The number of hydrazine groups is 1. The first kappa shape index (κ1) is 12.1. The standard InChI is InChI=1S/C13H14N4O/c1-9-2-4-10(5-3-9)16-13(18)12-7-6-11(17-14)8-15-12/h2-8,17H,14H2,1H3,(H,16,18). The van der Waals surface area contributed by atoms with Crippen molar-refractivity contribution in [2.45, 2.75) is 6.92 Å². The molecule has 0 bridgehead atoms. The summed E-state index contributed by atoms with van der Waals surface area (Å²) in [7, 11) is 0. The lowest BCUT2D eigenvalue weighted by molar-refractivity contribution is 0.102. The third-order valence-corrected chi connectivity index (χ3v) is 2.47. The van der Waals surface area contributed by atoms with Crippen LogP contribution in [0, 0.1) is 6.92 Å². The number of amides is 1. The van der Waals surface area contributed by atoms with Crippen molar-refractivity contribution in [1.29, 1.82) is 0 Å².